The van der Waals surface area contributed by atoms with E-state index in [0.717, 1.165) is 0 Å². The number of carbonyl (C=O) groups excluding carboxylic acids is 1. The van der Waals surface area contributed by atoms with Gasteiger partial charge in [0, 0.05) is 9.69 Å². The van der Waals surface area contributed by atoms with Crippen molar-refractivity contribution in [1.29, 1.82) is 0 Å². The van der Waals surface area contributed by atoms with Crippen LogP contribution in [0.15, 0.2) is 12.1 Å². The number of halogens is 5. The van der Waals surface area contributed by atoms with Gasteiger partial charge in [0.15, 0.2) is 0 Å². The summed E-state index contributed by atoms with van der Waals surface area (Å²) in [6.45, 7) is -4.92. The van der Waals surface area contributed by atoms with Crippen molar-refractivity contribution in [3.05, 3.63) is 41.2 Å². The van der Waals surface area contributed by atoms with Crippen LogP contribution < -0.4 is 4.74 Å². The van der Waals surface area contributed by atoms with E-state index in [2.05, 4.69) is 4.74 Å². The van der Waals surface area contributed by atoms with Crippen LogP contribution in [0.5, 0.6) is 5.75 Å². The van der Waals surface area contributed by atoms with Gasteiger partial charge < -0.3 is 4.74 Å². The third-order valence-electron chi connectivity index (χ3n) is 1.57. The summed E-state index contributed by atoms with van der Waals surface area (Å²) >= 11 is 0. The summed E-state index contributed by atoms with van der Waals surface area (Å²) in [5.74, 6) is -16.4. The molecule has 17 heavy (non-hydrogen) atoms. The highest BCUT2D eigenvalue weighted by atomic mass is 19.2. The van der Waals surface area contributed by atoms with Gasteiger partial charge in [0.2, 0.25) is 34.8 Å². The first kappa shape index (κ1) is 7.41. The molecule has 0 spiro atoms. The van der Waals surface area contributed by atoms with Crippen molar-refractivity contribution in [2.75, 3.05) is 0 Å². The van der Waals surface area contributed by atoms with E-state index >= 15 is 0 Å². The van der Waals surface area contributed by atoms with Crippen molar-refractivity contribution in [1.82, 2.24) is 0 Å². The Morgan fingerprint density at radius 3 is 2.00 bits per heavy atom. The molecule has 92 valence electrons. The predicted molar refractivity (Wildman–Crippen MR) is 46.7 cm³/mol. The molecule has 0 aliphatic rings. The molecule has 0 amide bonds. The van der Waals surface area contributed by atoms with Crippen molar-refractivity contribution in [3.8, 4) is 5.75 Å². The van der Waals surface area contributed by atoms with Gasteiger partial charge in [-0.15, -0.1) is 0 Å². The van der Waals surface area contributed by atoms with Gasteiger partial charge in [0.05, 0.1) is 2.74 Å². The average Bonchev–Trinajstić information content (AvgIpc) is 2.37. The maximum absolute atomic E-state index is 13.3. The Morgan fingerprint density at radius 1 is 1.12 bits per heavy atom. The maximum atomic E-state index is 13.3. The largest absolute Gasteiger partial charge is 0.417 e. The molecule has 0 saturated carbocycles. The number of hydrogen-bond acceptors (Lipinski definition) is 2. The molecule has 0 N–H and O–H groups in total. The van der Waals surface area contributed by atoms with Crippen molar-refractivity contribution in [3.63, 3.8) is 0 Å². The minimum Gasteiger partial charge on any atom is -0.417 e. The summed E-state index contributed by atoms with van der Waals surface area (Å²) in [6, 6.07) is 0. The van der Waals surface area contributed by atoms with Crippen molar-refractivity contribution in [2.24, 2.45) is 0 Å². The lowest BCUT2D eigenvalue weighted by atomic mass is 10.2. The van der Waals surface area contributed by atoms with Crippen molar-refractivity contribution < 1.29 is 38.3 Å². The summed E-state index contributed by atoms with van der Waals surface area (Å²) in [5, 5.41) is 0. The zero-order valence-corrected chi connectivity index (χ0v) is 7.71. The fourth-order valence-corrected chi connectivity index (χ4v) is 0.818. The van der Waals surface area contributed by atoms with Gasteiger partial charge in [0.1, 0.15) is 0 Å². The first-order valence-electron chi connectivity index (χ1n) is 6.31. The first-order valence-corrected chi connectivity index (χ1v) is 3.81. The third-order valence-corrected chi connectivity index (χ3v) is 1.57. The standard InChI is InChI=1S/C10H5F5O2/c1-3(2)10(16)17-9-7(14)5(12)4(11)6(13)8(9)15/h1H2,2H3/i1D2,2D3. The lowest BCUT2D eigenvalue weighted by Gasteiger charge is -2.08. The van der Waals surface area contributed by atoms with E-state index in [9.17, 15) is 26.7 Å². The molecule has 0 atom stereocenters. The van der Waals surface area contributed by atoms with Crippen LogP contribution in [0.25, 0.3) is 0 Å². The van der Waals surface area contributed by atoms with Gasteiger partial charge in [-0.3, -0.25) is 0 Å². The van der Waals surface area contributed by atoms with E-state index in [-0.39, 0.29) is 0 Å². The molecule has 0 aliphatic heterocycles. The van der Waals surface area contributed by atoms with Gasteiger partial charge in [-0.2, -0.15) is 8.78 Å². The fourth-order valence-electron chi connectivity index (χ4n) is 0.818. The minimum atomic E-state index is -3.36. The van der Waals surface area contributed by atoms with Crippen LogP contribution in [-0.4, -0.2) is 5.97 Å². The average molecular weight is 257 g/mol. The fraction of sp³-hybridized carbons (Fsp3) is 0.100. The van der Waals surface area contributed by atoms with Gasteiger partial charge in [0.25, 0.3) is 0 Å². The van der Waals surface area contributed by atoms with Crippen molar-refractivity contribution in [2.45, 2.75) is 6.85 Å². The number of carbonyl (C=O) groups is 1. The highest BCUT2D eigenvalue weighted by Gasteiger charge is 2.28. The Labute approximate surface area is 99.3 Å². The van der Waals surface area contributed by atoms with Crippen LogP contribution in [0.3, 0.4) is 0 Å². The van der Waals surface area contributed by atoms with E-state index in [4.69, 9.17) is 6.85 Å². The van der Waals surface area contributed by atoms with Crippen LogP contribution in [0, 0.1) is 29.1 Å². The topological polar surface area (TPSA) is 26.3 Å². The van der Waals surface area contributed by atoms with E-state index in [1.54, 1.807) is 0 Å². The molecule has 0 aliphatic carbocycles. The Balaban J connectivity index is 3.38. The van der Waals surface area contributed by atoms with Gasteiger partial charge in [-0.1, -0.05) is 6.53 Å². The monoisotopic (exact) mass is 257 g/mol. The van der Waals surface area contributed by atoms with Gasteiger partial charge in [-0.25, -0.2) is 18.0 Å². The number of hydrogen-bond donors (Lipinski definition) is 0. The van der Waals surface area contributed by atoms with Crippen LogP contribution >= 0.6 is 0 Å². The normalized spacial score (nSPS) is 15.0. The SMILES string of the molecule is [2H]C([2H])=C(C(=O)Oc1c(F)c(F)c(F)c(F)c1F)C([2H])([2H])[2H]. The summed E-state index contributed by atoms with van der Waals surface area (Å²) in [5.41, 5.74) is -1.59. The molecule has 0 fully saturated rings. The summed E-state index contributed by atoms with van der Waals surface area (Å²) in [7, 11) is 0. The molecule has 0 heterocycles. The van der Waals surface area contributed by atoms with Gasteiger partial charge >= 0.3 is 5.97 Å². The molecule has 1 rings (SSSR count). The molecular formula is C10H5F5O2. The minimum absolute atomic E-state index is 1.56. The Morgan fingerprint density at radius 2 is 1.59 bits per heavy atom. The zero-order chi connectivity index (χ0) is 17.4. The maximum Gasteiger partial charge on any atom is 0.338 e. The van der Waals surface area contributed by atoms with Crippen LogP contribution in [-0.2, 0) is 4.79 Å². The molecule has 0 bridgehead atoms. The van der Waals surface area contributed by atoms with Crippen LogP contribution in [0.4, 0.5) is 22.0 Å². The summed E-state index contributed by atoms with van der Waals surface area (Å²) in [4.78, 5) is 11.5. The Kier molecular flexibility index (Phi) is 1.97. The van der Waals surface area contributed by atoms with E-state index in [1.165, 1.54) is 0 Å². The summed E-state index contributed by atoms with van der Waals surface area (Å²) < 4.78 is 103. The predicted octanol–water partition coefficient (Wildman–Crippen LogP) is 2.86. The van der Waals surface area contributed by atoms with E-state index < -0.39 is 59.8 Å². The quantitative estimate of drug-likeness (QED) is 0.203. The first-order chi connectivity index (χ1) is 9.89. The molecule has 0 unspecified atom stereocenters. The number of ether oxygens (including phenoxy) is 1. The summed E-state index contributed by atoms with van der Waals surface area (Å²) in [6.07, 6.45) is 0. The molecule has 1 aromatic carbocycles. The smallest absolute Gasteiger partial charge is 0.338 e. The second-order valence-corrected chi connectivity index (χ2v) is 2.66. The Hall–Kier alpha value is -1.92. The zero-order valence-electron chi connectivity index (χ0n) is 12.7. The Bertz CT molecular complexity index is 638. The number of esters is 1. The van der Waals surface area contributed by atoms with Crippen LogP contribution in [0.2, 0.25) is 0 Å². The number of benzene rings is 1. The van der Waals surface area contributed by atoms with Crippen molar-refractivity contribution >= 4 is 5.97 Å². The highest BCUT2D eigenvalue weighted by Crippen LogP contribution is 2.29. The second-order valence-electron chi connectivity index (χ2n) is 2.66. The second kappa shape index (κ2) is 4.52. The van der Waals surface area contributed by atoms with Gasteiger partial charge in [-0.05, 0) is 6.85 Å². The molecule has 1 aromatic rings. The lowest BCUT2D eigenvalue weighted by molar-refractivity contribution is -0.130. The molecule has 2 nitrogen and oxygen atoms in total. The molecule has 7 heteroatoms. The molecule has 0 aromatic heterocycles. The molecule has 0 saturated heterocycles. The molecule has 0 radical (unpaired) electrons. The highest BCUT2D eigenvalue weighted by molar-refractivity contribution is 5.88. The third kappa shape index (κ3) is 2.27. The van der Waals surface area contributed by atoms with Crippen LogP contribution in [0.1, 0.15) is 13.7 Å². The molecular weight excluding hydrogens is 247 g/mol. The van der Waals surface area contributed by atoms with E-state index in [0.29, 0.717) is 0 Å². The lowest BCUT2D eigenvalue weighted by Crippen LogP contribution is -2.13. The van der Waals surface area contributed by atoms with E-state index in [1.807, 2.05) is 0 Å². The number of rotatable bonds is 2.